The third kappa shape index (κ3) is 6.22. The van der Waals surface area contributed by atoms with E-state index in [2.05, 4.69) is 33.4 Å². The SMILES string of the molecule is C[CH+]SC(C)(C)C. The monoisotopic (exact) mass is 117 g/mol. The van der Waals surface area contributed by atoms with E-state index in [1.54, 1.807) is 0 Å². The zero-order valence-electron chi connectivity index (χ0n) is 5.49. The number of hydrogen-bond donors (Lipinski definition) is 0. The van der Waals surface area contributed by atoms with Gasteiger partial charge in [-0.1, -0.05) is 0 Å². The van der Waals surface area contributed by atoms with Crippen molar-refractivity contribution in [3.8, 4) is 0 Å². The predicted octanol–water partition coefficient (Wildman–Crippen LogP) is 2.70. The quantitative estimate of drug-likeness (QED) is 0.476. The Morgan fingerprint density at radius 2 is 1.71 bits per heavy atom. The molecule has 0 heterocycles. The van der Waals surface area contributed by atoms with Gasteiger partial charge in [0.05, 0.1) is 23.4 Å². The van der Waals surface area contributed by atoms with Gasteiger partial charge < -0.3 is 0 Å². The van der Waals surface area contributed by atoms with Crippen LogP contribution >= 0.6 is 11.8 Å². The van der Waals surface area contributed by atoms with Gasteiger partial charge in [0.15, 0.2) is 0 Å². The van der Waals surface area contributed by atoms with Gasteiger partial charge >= 0.3 is 0 Å². The molecule has 0 unspecified atom stereocenters. The van der Waals surface area contributed by atoms with E-state index in [0.717, 1.165) is 0 Å². The molecule has 0 rings (SSSR count). The zero-order chi connectivity index (χ0) is 5.91. The molecule has 7 heavy (non-hydrogen) atoms. The summed E-state index contributed by atoms with van der Waals surface area (Å²) in [5.41, 5.74) is 0. The van der Waals surface area contributed by atoms with Crippen LogP contribution in [0.25, 0.3) is 0 Å². The predicted molar refractivity (Wildman–Crippen MR) is 37.3 cm³/mol. The van der Waals surface area contributed by atoms with Crippen LogP contribution in [0.3, 0.4) is 0 Å². The minimum absolute atomic E-state index is 0.411. The van der Waals surface area contributed by atoms with Crippen LogP contribution in [-0.2, 0) is 0 Å². The molecule has 1 heteroatoms. The summed E-state index contributed by atoms with van der Waals surface area (Å²) in [5, 5.41) is 0. The van der Waals surface area contributed by atoms with Gasteiger partial charge in [0.2, 0.25) is 0 Å². The topological polar surface area (TPSA) is 0 Å². The first-order valence-corrected chi connectivity index (χ1v) is 3.40. The van der Waals surface area contributed by atoms with E-state index in [1.807, 2.05) is 11.8 Å². The lowest BCUT2D eigenvalue weighted by molar-refractivity contribution is 0.806. The molecular weight excluding hydrogens is 104 g/mol. The van der Waals surface area contributed by atoms with E-state index in [1.165, 1.54) is 0 Å². The average Bonchev–Trinajstić information content (AvgIpc) is 1.30. The van der Waals surface area contributed by atoms with Crippen LogP contribution in [0.2, 0.25) is 0 Å². The van der Waals surface area contributed by atoms with Crippen LogP contribution in [0.4, 0.5) is 0 Å². The van der Waals surface area contributed by atoms with Gasteiger partial charge in [-0.3, -0.25) is 0 Å². The smallest absolute Gasteiger partial charge is 0.0469 e. The average molecular weight is 117 g/mol. The molecule has 0 saturated heterocycles. The van der Waals surface area contributed by atoms with E-state index in [0.29, 0.717) is 4.75 Å². The van der Waals surface area contributed by atoms with Crippen molar-refractivity contribution in [3.05, 3.63) is 5.75 Å². The van der Waals surface area contributed by atoms with E-state index in [9.17, 15) is 0 Å². The number of thioether (sulfide) groups is 1. The molecule has 0 aliphatic heterocycles. The molecule has 0 nitrogen and oxygen atoms in total. The van der Waals surface area contributed by atoms with E-state index in [-0.39, 0.29) is 0 Å². The molecule has 0 aromatic heterocycles. The van der Waals surface area contributed by atoms with Crippen LogP contribution in [-0.4, -0.2) is 4.75 Å². The summed E-state index contributed by atoms with van der Waals surface area (Å²) >= 11 is 1.86. The van der Waals surface area contributed by atoms with Crippen molar-refractivity contribution in [1.82, 2.24) is 0 Å². The molecule has 42 valence electrons. The third-order valence-corrected chi connectivity index (χ3v) is 1.41. The highest BCUT2D eigenvalue weighted by Gasteiger charge is 2.14. The molecule has 0 radical (unpaired) electrons. The second-order valence-electron chi connectivity index (χ2n) is 2.47. The Bertz CT molecular complexity index is 42.6. The minimum atomic E-state index is 0.411. The van der Waals surface area contributed by atoms with Gasteiger partial charge in [-0.2, -0.15) is 0 Å². The van der Waals surface area contributed by atoms with Crippen molar-refractivity contribution >= 4 is 11.8 Å². The van der Waals surface area contributed by atoms with Crippen molar-refractivity contribution in [2.24, 2.45) is 0 Å². The van der Waals surface area contributed by atoms with Crippen molar-refractivity contribution in [2.75, 3.05) is 0 Å². The lowest BCUT2D eigenvalue weighted by Gasteiger charge is -2.07. The van der Waals surface area contributed by atoms with Gasteiger partial charge in [0.25, 0.3) is 0 Å². The first kappa shape index (κ1) is 7.22. The molecule has 0 aromatic rings. The van der Waals surface area contributed by atoms with Crippen LogP contribution in [0.5, 0.6) is 0 Å². The summed E-state index contributed by atoms with van der Waals surface area (Å²) in [6.45, 7) is 8.68. The fourth-order valence-corrected chi connectivity index (χ4v) is 1.06. The Morgan fingerprint density at radius 1 is 1.29 bits per heavy atom. The summed E-state index contributed by atoms with van der Waals surface area (Å²) in [7, 11) is 0. The van der Waals surface area contributed by atoms with Crippen molar-refractivity contribution in [1.29, 1.82) is 0 Å². The molecule has 0 fully saturated rings. The Hall–Kier alpha value is 0.220. The lowest BCUT2D eigenvalue weighted by Crippen LogP contribution is -2.05. The van der Waals surface area contributed by atoms with Crippen LogP contribution in [0.1, 0.15) is 27.7 Å². The lowest BCUT2D eigenvalue weighted by atomic mass is 10.3. The molecule has 0 aromatic carbocycles. The Balaban J connectivity index is 3.15. The summed E-state index contributed by atoms with van der Waals surface area (Å²) in [6.07, 6.45) is 0. The van der Waals surface area contributed by atoms with Crippen LogP contribution in [0.15, 0.2) is 0 Å². The van der Waals surface area contributed by atoms with Crippen LogP contribution < -0.4 is 0 Å². The standard InChI is InChI=1S/C6H13S/c1-5-7-6(2,3)4/h5H,1-4H3/q+1. The normalized spacial score (nSPS) is 11.4. The van der Waals surface area contributed by atoms with E-state index >= 15 is 0 Å². The number of hydrogen-bond acceptors (Lipinski definition) is 1. The molecular formula is C6H13S+. The molecule has 0 atom stereocenters. The molecule has 0 bridgehead atoms. The summed E-state index contributed by atoms with van der Waals surface area (Å²) in [6, 6.07) is 0. The fourth-order valence-electron chi connectivity index (χ4n) is 0.354. The highest BCUT2D eigenvalue weighted by molar-refractivity contribution is 8.02. The molecule has 0 saturated carbocycles. The van der Waals surface area contributed by atoms with Gasteiger partial charge in [-0.15, -0.1) is 0 Å². The zero-order valence-corrected chi connectivity index (χ0v) is 6.30. The van der Waals surface area contributed by atoms with Gasteiger partial charge in [0, 0.05) is 0 Å². The Kier molecular flexibility index (Phi) is 2.59. The summed E-state index contributed by atoms with van der Waals surface area (Å²) in [5.74, 6) is 2.12. The summed E-state index contributed by atoms with van der Waals surface area (Å²) < 4.78 is 0.411. The maximum atomic E-state index is 2.21. The highest BCUT2D eigenvalue weighted by Crippen LogP contribution is 2.24. The van der Waals surface area contributed by atoms with Crippen molar-refractivity contribution in [3.63, 3.8) is 0 Å². The molecule has 0 aliphatic carbocycles. The van der Waals surface area contributed by atoms with Crippen molar-refractivity contribution in [2.45, 2.75) is 32.4 Å². The van der Waals surface area contributed by atoms with Crippen LogP contribution in [0, 0.1) is 5.75 Å². The first-order valence-electron chi connectivity index (χ1n) is 2.52. The molecule has 0 aliphatic rings. The van der Waals surface area contributed by atoms with Gasteiger partial charge in [-0.25, -0.2) is 0 Å². The van der Waals surface area contributed by atoms with E-state index < -0.39 is 0 Å². The maximum Gasteiger partial charge on any atom is 0.140 e. The largest absolute Gasteiger partial charge is 0.140 e. The minimum Gasteiger partial charge on any atom is -0.0469 e. The molecule has 0 N–H and O–H groups in total. The fraction of sp³-hybridized carbons (Fsp3) is 0.833. The Morgan fingerprint density at radius 3 is 1.71 bits per heavy atom. The second kappa shape index (κ2) is 2.51. The third-order valence-electron chi connectivity index (χ3n) is 0.471. The van der Waals surface area contributed by atoms with Crippen molar-refractivity contribution < 1.29 is 0 Å². The molecule has 0 spiro atoms. The van der Waals surface area contributed by atoms with Gasteiger partial charge in [-0.05, 0) is 20.8 Å². The first-order chi connectivity index (χ1) is 3.06. The Labute approximate surface area is 50.7 Å². The summed E-state index contributed by atoms with van der Waals surface area (Å²) in [4.78, 5) is 0. The number of rotatable bonds is 1. The molecule has 0 amide bonds. The highest BCUT2D eigenvalue weighted by atomic mass is 32.2. The maximum absolute atomic E-state index is 2.21. The van der Waals surface area contributed by atoms with Gasteiger partial charge in [0.1, 0.15) is 5.75 Å². The second-order valence-corrected chi connectivity index (χ2v) is 4.40. The van der Waals surface area contributed by atoms with E-state index in [4.69, 9.17) is 0 Å².